The van der Waals surface area contributed by atoms with E-state index in [-0.39, 0.29) is 18.4 Å². The van der Waals surface area contributed by atoms with Gasteiger partial charge in [-0.25, -0.2) is 0 Å². The number of aryl methyl sites for hydroxylation is 1. The highest BCUT2D eigenvalue weighted by molar-refractivity contribution is 5.93. The lowest BCUT2D eigenvalue weighted by molar-refractivity contribution is -0.116. The number of aromatic nitrogens is 2. The molecule has 1 aromatic carbocycles. The fourth-order valence-corrected chi connectivity index (χ4v) is 3.20. The van der Waals surface area contributed by atoms with Crippen LogP contribution in [0.25, 0.3) is 0 Å². The van der Waals surface area contributed by atoms with Crippen molar-refractivity contribution in [2.24, 2.45) is 0 Å². The second-order valence-electron chi connectivity index (χ2n) is 7.04. The van der Waals surface area contributed by atoms with Crippen LogP contribution in [0.15, 0.2) is 24.3 Å². The summed E-state index contributed by atoms with van der Waals surface area (Å²) in [7, 11) is 5.13. The summed E-state index contributed by atoms with van der Waals surface area (Å²) in [4.78, 5) is 29.1. The number of methoxy groups -OCH3 is 2. The van der Waals surface area contributed by atoms with Gasteiger partial charge in [0.1, 0.15) is 6.54 Å². The average molecular weight is 401 g/mol. The largest absolute Gasteiger partial charge is 0.493 e. The Bertz CT molecular complexity index is 887. The third-order valence-corrected chi connectivity index (χ3v) is 4.95. The maximum atomic E-state index is 12.7. The smallest absolute Gasteiger partial charge is 0.274 e. The predicted octanol–water partition coefficient (Wildman–Crippen LogP) is 1.24. The van der Waals surface area contributed by atoms with Crippen LogP contribution in [0, 0.1) is 6.92 Å². The number of carbonyl (C=O) groups is 2. The van der Waals surface area contributed by atoms with Gasteiger partial charge < -0.3 is 24.6 Å². The number of ether oxygens (including phenoxy) is 2. The molecule has 156 valence electrons. The minimum absolute atomic E-state index is 0.0101. The molecule has 1 N–H and O–H groups in total. The second-order valence-corrected chi connectivity index (χ2v) is 7.04. The van der Waals surface area contributed by atoms with Gasteiger partial charge in [0, 0.05) is 43.6 Å². The molecule has 0 unspecified atom stereocenters. The van der Waals surface area contributed by atoms with E-state index in [0.717, 1.165) is 18.8 Å². The highest BCUT2D eigenvalue weighted by Gasteiger charge is 2.23. The number of nitrogens with one attached hydrogen (secondary N) is 1. The van der Waals surface area contributed by atoms with E-state index in [9.17, 15) is 9.59 Å². The van der Waals surface area contributed by atoms with Crippen molar-refractivity contribution in [3.63, 3.8) is 0 Å². The molecule has 9 nitrogen and oxygen atoms in total. The predicted molar refractivity (Wildman–Crippen MR) is 109 cm³/mol. The molecule has 0 aliphatic carbocycles. The van der Waals surface area contributed by atoms with Crippen LogP contribution in [-0.4, -0.2) is 78.8 Å². The number of amides is 2. The molecule has 2 amide bonds. The van der Waals surface area contributed by atoms with Crippen molar-refractivity contribution >= 4 is 17.5 Å². The molecule has 1 saturated heterocycles. The summed E-state index contributed by atoms with van der Waals surface area (Å²) in [6.07, 6.45) is 0. The first-order chi connectivity index (χ1) is 13.9. The molecule has 1 aromatic heterocycles. The Morgan fingerprint density at radius 1 is 1.07 bits per heavy atom. The number of benzene rings is 1. The molecule has 0 bridgehead atoms. The zero-order valence-corrected chi connectivity index (χ0v) is 17.3. The molecule has 0 atom stereocenters. The summed E-state index contributed by atoms with van der Waals surface area (Å²) >= 11 is 0. The van der Waals surface area contributed by atoms with E-state index in [2.05, 4.69) is 15.3 Å². The fourth-order valence-electron chi connectivity index (χ4n) is 3.20. The maximum Gasteiger partial charge on any atom is 0.274 e. The minimum atomic E-state index is -0.248. The molecule has 2 heterocycles. The van der Waals surface area contributed by atoms with Crippen LogP contribution in [-0.2, 0) is 11.3 Å². The van der Waals surface area contributed by atoms with Crippen LogP contribution in [0.2, 0.25) is 0 Å². The standard InChI is InChI=1S/C20H27N5O4/c1-14-11-16(20(27)24-9-7-23(2)8-10-24)22-25(14)13-19(26)21-15-5-6-17(28-3)18(12-15)29-4/h5-6,11-12H,7-10,13H2,1-4H3,(H,21,26). The van der Waals surface area contributed by atoms with Gasteiger partial charge in [-0.15, -0.1) is 0 Å². The third-order valence-electron chi connectivity index (χ3n) is 4.95. The molecule has 1 aliphatic rings. The molecule has 2 aromatic rings. The van der Waals surface area contributed by atoms with E-state index >= 15 is 0 Å². The van der Waals surface area contributed by atoms with Crippen LogP contribution in [0.1, 0.15) is 16.2 Å². The number of hydrogen-bond acceptors (Lipinski definition) is 6. The first kappa shape index (κ1) is 20.7. The number of anilines is 1. The zero-order valence-electron chi connectivity index (χ0n) is 17.3. The molecule has 3 rings (SSSR count). The first-order valence-corrected chi connectivity index (χ1v) is 9.45. The minimum Gasteiger partial charge on any atom is -0.493 e. The topological polar surface area (TPSA) is 88.9 Å². The Kier molecular flexibility index (Phi) is 6.38. The van der Waals surface area contributed by atoms with Crippen molar-refractivity contribution in [2.75, 3.05) is 52.8 Å². The van der Waals surface area contributed by atoms with Gasteiger partial charge in [0.05, 0.1) is 14.2 Å². The van der Waals surface area contributed by atoms with E-state index in [0.29, 0.717) is 36.0 Å². The highest BCUT2D eigenvalue weighted by Crippen LogP contribution is 2.29. The van der Waals surface area contributed by atoms with Crippen molar-refractivity contribution < 1.29 is 19.1 Å². The van der Waals surface area contributed by atoms with Crippen molar-refractivity contribution in [3.05, 3.63) is 35.7 Å². The number of hydrogen-bond donors (Lipinski definition) is 1. The molecule has 0 spiro atoms. The Hall–Kier alpha value is -3.07. The molecule has 9 heteroatoms. The van der Waals surface area contributed by atoms with Crippen molar-refractivity contribution in [2.45, 2.75) is 13.5 Å². The van der Waals surface area contributed by atoms with E-state index in [1.807, 2.05) is 14.0 Å². The molecular weight excluding hydrogens is 374 g/mol. The van der Waals surface area contributed by atoms with Crippen molar-refractivity contribution in [1.29, 1.82) is 0 Å². The van der Waals surface area contributed by atoms with Crippen LogP contribution in [0.5, 0.6) is 11.5 Å². The summed E-state index contributed by atoms with van der Waals surface area (Å²) < 4.78 is 12.0. The molecule has 1 aliphatic heterocycles. The summed E-state index contributed by atoms with van der Waals surface area (Å²) in [5.41, 5.74) is 1.71. The van der Waals surface area contributed by atoms with Gasteiger partial charge in [-0.1, -0.05) is 0 Å². The lowest BCUT2D eigenvalue weighted by Crippen LogP contribution is -2.47. The number of piperazine rings is 1. The van der Waals surface area contributed by atoms with E-state index in [1.54, 1.807) is 41.0 Å². The highest BCUT2D eigenvalue weighted by atomic mass is 16.5. The van der Waals surface area contributed by atoms with Gasteiger partial charge in [-0.3, -0.25) is 14.3 Å². The lowest BCUT2D eigenvalue weighted by atomic mass is 10.2. The van der Waals surface area contributed by atoms with E-state index in [1.165, 1.54) is 7.11 Å². The van der Waals surface area contributed by atoms with Crippen molar-refractivity contribution in [3.8, 4) is 11.5 Å². The Morgan fingerprint density at radius 2 is 1.76 bits per heavy atom. The Labute approximate surface area is 170 Å². The Morgan fingerprint density at radius 3 is 2.41 bits per heavy atom. The maximum absolute atomic E-state index is 12.7. The van der Waals surface area contributed by atoms with Gasteiger partial charge in [-0.05, 0) is 32.2 Å². The second kappa shape index (κ2) is 8.95. The molecule has 0 saturated carbocycles. The van der Waals surface area contributed by atoms with Crippen molar-refractivity contribution in [1.82, 2.24) is 19.6 Å². The number of likely N-dealkylation sites (N-methyl/N-ethyl adjacent to an activating group) is 1. The number of nitrogens with zero attached hydrogens (tertiary/aromatic N) is 4. The van der Waals surface area contributed by atoms with Gasteiger partial charge in [0.25, 0.3) is 5.91 Å². The normalized spacial score (nSPS) is 14.6. The molecule has 0 radical (unpaired) electrons. The van der Waals surface area contributed by atoms with E-state index in [4.69, 9.17) is 9.47 Å². The molecule has 1 fully saturated rings. The summed E-state index contributed by atoms with van der Waals surface area (Å²) in [6, 6.07) is 6.87. The van der Waals surface area contributed by atoms with Gasteiger partial charge in [-0.2, -0.15) is 5.10 Å². The van der Waals surface area contributed by atoms with E-state index < -0.39 is 0 Å². The average Bonchev–Trinajstić information content (AvgIpc) is 3.08. The quantitative estimate of drug-likeness (QED) is 0.783. The summed E-state index contributed by atoms with van der Waals surface area (Å²) in [5.74, 6) is 0.767. The van der Waals surface area contributed by atoms with Crippen LogP contribution in [0.3, 0.4) is 0 Å². The SMILES string of the molecule is COc1ccc(NC(=O)Cn2nc(C(=O)N3CCN(C)CC3)cc2C)cc1OC. The number of rotatable bonds is 6. The van der Waals surface area contributed by atoms with Gasteiger partial charge >= 0.3 is 0 Å². The zero-order chi connectivity index (χ0) is 21.0. The monoisotopic (exact) mass is 401 g/mol. The third kappa shape index (κ3) is 4.86. The van der Waals surface area contributed by atoms with Gasteiger partial charge in [0.15, 0.2) is 17.2 Å². The molecular formula is C20H27N5O4. The fraction of sp³-hybridized carbons (Fsp3) is 0.450. The lowest BCUT2D eigenvalue weighted by Gasteiger charge is -2.31. The van der Waals surface area contributed by atoms with Crippen LogP contribution in [0.4, 0.5) is 5.69 Å². The van der Waals surface area contributed by atoms with Crippen LogP contribution < -0.4 is 14.8 Å². The van der Waals surface area contributed by atoms with Gasteiger partial charge in [0.2, 0.25) is 5.91 Å². The van der Waals surface area contributed by atoms with Crippen LogP contribution >= 0.6 is 0 Å². The summed E-state index contributed by atoms with van der Waals surface area (Å²) in [5, 5.41) is 7.17. The molecule has 29 heavy (non-hydrogen) atoms. The Balaban J connectivity index is 1.64. The summed E-state index contributed by atoms with van der Waals surface area (Å²) in [6.45, 7) is 4.90. The number of carbonyl (C=O) groups excluding carboxylic acids is 2. The first-order valence-electron chi connectivity index (χ1n) is 9.45.